The first-order chi connectivity index (χ1) is 11.3. The molecule has 0 radical (unpaired) electrons. The second kappa shape index (κ2) is 6.20. The molecule has 2 aromatic rings. The lowest BCUT2D eigenvalue weighted by Gasteiger charge is -2.32. The molecule has 2 fully saturated rings. The van der Waals surface area contributed by atoms with E-state index in [2.05, 4.69) is 15.5 Å². The molecule has 2 aliphatic rings. The molecule has 1 saturated heterocycles. The molecule has 2 N–H and O–H groups in total. The van der Waals surface area contributed by atoms with E-state index in [-0.39, 0.29) is 5.91 Å². The van der Waals surface area contributed by atoms with Crippen LogP contribution in [0, 0.1) is 5.92 Å². The fraction of sp³-hybridized carbons (Fsp3) is 0.529. The second-order valence-corrected chi connectivity index (χ2v) is 6.56. The Labute approximate surface area is 135 Å². The maximum Gasteiger partial charge on any atom is 0.274 e. The molecule has 0 aromatic carbocycles. The Bertz CT molecular complexity index is 652. The van der Waals surface area contributed by atoms with Crippen LogP contribution in [0.2, 0.25) is 0 Å². The average Bonchev–Trinajstić information content (AvgIpc) is 3.04. The van der Waals surface area contributed by atoms with E-state index in [9.17, 15) is 4.79 Å². The Balaban J connectivity index is 1.32. The maximum absolute atomic E-state index is 12.6. The SMILES string of the molecule is O=C(c1cc(-c2ccco2)[nH]n1)N1CCC(NCC2CC2)CC1. The largest absolute Gasteiger partial charge is 0.463 e. The van der Waals surface area contributed by atoms with Crippen molar-refractivity contribution in [3.63, 3.8) is 0 Å². The lowest BCUT2D eigenvalue weighted by Crippen LogP contribution is -2.45. The Morgan fingerprint density at radius 2 is 2.17 bits per heavy atom. The highest BCUT2D eigenvalue weighted by Gasteiger charge is 2.27. The van der Waals surface area contributed by atoms with Crippen molar-refractivity contribution >= 4 is 5.91 Å². The van der Waals surface area contributed by atoms with Gasteiger partial charge in [0.1, 0.15) is 5.69 Å². The van der Waals surface area contributed by atoms with E-state index >= 15 is 0 Å². The van der Waals surface area contributed by atoms with Crippen molar-refractivity contribution in [2.24, 2.45) is 5.92 Å². The van der Waals surface area contributed by atoms with E-state index in [1.807, 2.05) is 17.0 Å². The Morgan fingerprint density at radius 1 is 1.35 bits per heavy atom. The summed E-state index contributed by atoms with van der Waals surface area (Å²) in [6, 6.07) is 5.98. The van der Waals surface area contributed by atoms with Crippen LogP contribution in [0.15, 0.2) is 28.9 Å². The normalized spacial score (nSPS) is 19.2. The highest BCUT2D eigenvalue weighted by molar-refractivity contribution is 5.93. The zero-order valence-corrected chi connectivity index (χ0v) is 13.1. The summed E-state index contributed by atoms with van der Waals surface area (Å²) in [6.07, 6.45) is 6.40. The molecule has 0 unspecified atom stereocenters. The molecular weight excluding hydrogens is 292 g/mol. The number of carbonyl (C=O) groups excluding carboxylic acids is 1. The first-order valence-corrected chi connectivity index (χ1v) is 8.41. The van der Waals surface area contributed by atoms with E-state index in [0.29, 0.717) is 17.5 Å². The first-order valence-electron chi connectivity index (χ1n) is 8.41. The number of H-pyrrole nitrogens is 1. The van der Waals surface area contributed by atoms with Gasteiger partial charge in [0.2, 0.25) is 0 Å². The van der Waals surface area contributed by atoms with Crippen molar-refractivity contribution in [3.8, 4) is 11.5 Å². The molecule has 122 valence electrons. The molecule has 1 saturated carbocycles. The highest BCUT2D eigenvalue weighted by atomic mass is 16.3. The van der Waals surface area contributed by atoms with Crippen LogP contribution in [-0.2, 0) is 0 Å². The van der Waals surface area contributed by atoms with Crippen molar-refractivity contribution in [1.29, 1.82) is 0 Å². The maximum atomic E-state index is 12.6. The fourth-order valence-corrected chi connectivity index (χ4v) is 3.09. The van der Waals surface area contributed by atoms with Gasteiger partial charge in [-0.25, -0.2) is 0 Å². The highest BCUT2D eigenvalue weighted by Crippen LogP contribution is 2.28. The molecule has 6 heteroatoms. The molecule has 1 amide bonds. The molecule has 3 heterocycles. The number of likely N-dealkylation sites (tertiary alicyclic amines) is 1. The standard InChI is InChI=1S/C17H22N4O2/c22-17(15-10-14(19-20-15)16-2-1-9-23-16)21-7-5-13(6-8-21)18-11-12-3-4-12/h1-2,9-10,12-13,18H,3-8,11H2,(H,19,20). The number of carbonyl (C=O) groups is 1. The van der Waals surface area contributed by atoms with Crippen LogP contribution in [0.1, 0.15) is 36.2 Å². The van der Waals surface area contributed by atoms with Crippen LogP contribution in [0.3, 0.4) is 0 Å². The lowest BCUT2D eigenvalue weighted by atomic mass is 10.0. The smallest absolute Gasteiger partial charge is 0.274 e. The van der Waals surface area contributed by atoms with Crippen LogP contribution in [0.4, 0.5) is 0 Å². The third kappa shape index (κ3) is 3.32. The van der Waals surface area contributed by atoms with Gasteiger partial charge in [0.25, 0.3) is 5.91 Å². The minimum Gasteiger partial charge on any atom is -0.463 e. The summed E-state index contributed by atoms with van der Waals surface area (Å²) in [6.45, 7) is 2.73. The van der Waals surface area contributed by atoms with E-state index in [1.165, 1.54) is 12.8 Å². The molecule has 0 spiro atoms. The minimum absolute atomic E-state index is 0.000279. The molecular formula is C17H22N4O2. The van der Waals surface area contributed by atoms with Gasteiger partial charge in [0.05, 0.1) is 6.26 Å². The Kier molecular flexibility index (Phi) is 3.91. The second-order valence-electron chi connectivity index (χ2n) is 6.56. The predicted molar refractivity (Wildman–Crippen MR) is 85.9 cm³/mol. The fourth-order valence-electron chi connectivity index (χ4n) is 3.09. The summed E-state index contributed by atoms with van der Waals surface area (Å²) in [7, 11) is 0. The van der Waals surface area contributed by atoms with Crippen LogP contribution in [0.25, 0.3) is 11.5 Å². The molecule has 4 rings (SSSR count). The molecule has 1 aliphatic heterocycles. The quantitative estimate of drug-likeness (QED) is 0.888. The van der Waals surface area contributed by atoms with Crippen molar-refractivity contribution in [2.75, 3.05) is 19.6 Å². The van der Waals surface area contributed by atoms with E-state index in [0.717, 1.165) is 44.1 Å². The van der Waals surface area contributed by atoms with Gasteiger partial charge in [-0.05, 0) is 50.3 Å². The zero-order chi connectivity index (χ0) is 15.6. The third-order valence-electron chi connectivity index (χ3n) is 4.76. The number of furan rings is 1. The Morgan fingerprint density at radius 3 is 2.87 bits per heavy atom. The lowest BCUT2D eigenvalue weighted by molar-refractivity contribution is 0.0699. The van der Waals surface area contributed by atoms with Gasteiger partial charge in [-0.1, -0.05) is 0 Å². The molecule has 0 atom stereocenters. The first kappa shape index (κ1) is 14.5. The number of hydrogen-bond donors (Lipinski definition) is 2. The van der Waals surface area contributed by atoms with Crippen LogP contribution >= 0.6 is 0 Å². The summed E-state index contributed by atoms with van der Waals surface area (Å²) in [5.41, 5.74) is 1.19. The topological polar surface area (TPSA) is 74.2 Å². The molecule has 2 aromatic heterocycles. The van der Waals surface area contributed by atoms with E-state index in [1.54, 1.807) is 12.3 Å². The summed E-state index contributed by atoms with van der Waals surface area (Å²) >= 11 is 0. The number of aromatic nitrogens is 2. The van der Waals surface area contributed by atoms with Gasteiger partial charge in [0.15, 0.2) is 11.5 Å². The van der Waals surface area contributed by atoms with Gasteiger partial charge < -0.3 is 14.6 Å². The van der Waals surface area contributed by atoms with Gasteiger partial charge >= 0.3 is 0 Å². The molecule has 1 aliphatic carbocycles. The molecule has 0 bridgehead atoms. The van der Waals surface area contributed by atoms with E-state index in [4.69, 9.17) is 4.42 Å². The van der Waals surface area contributed by atoms with Crippen LogP contribution in [0.5, 0.6) is 0 Å². The van der Waals surface area contributed by atoms with Gasteiger partial charge in [-0.2, -0.15) is 5.10 Å². The number of aromatic amines is 1. The minimum atomic E-state index is -0.000279. The number of amides is 1. The van der Waals surface area contributed by atoms with Crippen molar-refractivity contribution in [1.82, 2.24) is 20.4 Å². The summed E-state index contributed by atoms with van der Waals surface area (Å²) < 4.78 is 5.32. The average molecular weight is 314 g/mol. The molecule has 6 nitrogen and oxygen atoms in total. The van der Waals surface area contributed by atoms with Gasteiger partial charge in [-0.15, -0.1) is 0 Å². The number of hydrogen-bond acceptors (Lipinski definition) is 4. The number of piperidine rings is 1. The molecule has 23 heavy (non-hydrogen) atoms. The zero-order valence-electron chi connectivity index (χ0n) is 13.1. The number of nitrogens with one attached hydrogen (secondary N) is 2. The van der Waals surface area contributed by atoms with Crippen molar-refractivity contribution in [3.05, 3.63) is 30.2 Å². The van der Waals surface area contributed by atoms with Crippen molar-refractivity contribution < 1.29 is 9.21 Å². The third-order valence-corrected chi connectivity index (χ3v) is 4.76. The summed E-state index contributed by atoms with van der Waals surface area (Å²) in [5.74, 6) is 1.60. The summed E-state index contributed by atoms with van der Waals surface area (Å²) in [5, 5.41) is 10.6. The van der Waals surface area contributed by atoms with Gasteiger partial charge in [-0.3, -0.25) is 9.89 Å². The summed E-state index contributed by atoms with van der Waals surface area (Å²) in [4.78, 5) is 14.5. The predicted octanol–water partition coefficient (Wildman–Crippen LogP) is 2.27. The monoisotopic (exact) mass is 314 g/mol. The van der Waals surface area contributed by atoms with Crippen LogP contribution in [-0.4, -0.2) is 46.7 Å². The van der Waals surface area contributed by atoms with Crippen LogP contribution < -0.4 is 5.32 Å². The van der Waals surface area contributed by atoms with E-state index < -0.39 is 0 Å². The Hall–Kier alpha value is -2.08. The van der Waals surface area contributed by atoms with Gasteiger partial charge in [0, 0.05) is 25.2 Å². The number of rotatable bonds is 5. The van der Waals surface area contributed by atoms with Crippen molar-refractivity contribution in [2.45, 2.75) is 31.7 Å². The number of nitrogens with zero attached hydrogens (tertiary/aromatic N) is 2.